The Labute approximate surface area is 125 Å². The van der Waals surface area contributed by atoms with Crippen molar-refractivity contribution in [3.63, 3.8) is 0 Å². The van der Waals surface area contributed by atoms with Crippen LogP contribution in [0.5, 0.6) is 0 Å². The Morgan fingerprint density at radius 3 is 1.44 bits per heavy atom. The summed E-state index contributed by atoms with van der Waals surface area (Å²) in [6, 6.07) is 11.9. The summed E-state index contributed by atoms with van der Waals surface area (Å²) in [5, 5.41) is 0. The average Bonchev–Trinajstić information content (AvgIpc) is 2.18. The SMILES string of the molecule is Cc1cccc(-c2cccc(C)n2)n1.[I-].[Li+]. The van der Waals surface area contributed by atoms with Gasteiger partial charge in [0.25, 0.3) is 0 Å². The van der Waals surface area contributed by atoms with E-state index >= 15 is 0 Å². The van der Waals surface area contributed by atoms with Crippen LogP contribution in [0.3, 0.4) is 0 Å². The second kappa shape index (κ2) is 7.05. The second-order valence-electron chi connectivity index (χ2n) is 3.33. The first-order valence-corrected chi connectivity index (χ1v) is 4.63. The number of aromatic nitrogens is 2. The van der Waals surface area contributed by atoms with Gasteiger partial charge in [-0.05, 0) is 38.1 Å². The standard InChI is InChI=1S/C12H12N2.HI.Li/c1-9-5-3-7-11(13-9)12-8-4-6-10(2)14-12;;/h3-8H,1-2H3;1H;/q;;+1/p-1. The predicted octanol–water partition coefficient (Wildman–Crippen LogP) is -3.23. The Balaban J connectivity index is 0.00000112. The molecule has 4 heteroatoms. The van der Waals surface area contributed by atoms with E-state index in [-0.39, 0.29) is 42.8 Å². The van der Waals surface area contributed by atoms with Gasteiger partial charge in [0.1, 0.15) is 0 Å². The van der Waals surface area contributed by atoms with Crippen LogP contribution in [-0.4, -0.2) is 9.97 Å². The third-order valence-electron chi connectivity index (χ3n) is 2.04. The topological polar surface area (TPSA) is 25.8 Å². The van der Waals surface area contributed by atoms with Crippen molar-refractivity contribution in [2.24, 2.45) is 0 Å². The van der Waals surface area contributed by atoms with E-state index in [1.165, 1.54) is 0 Å². The summed E-state index contributed by atoms with van der Waals surface area (Å²) >= 11 is 0. The summed E-state index contributed by atoms with van der Waals surface area (Å²) in [6.07, 6.45) is 0. The van der Waals surface area contributed by atoms with E-state index in [1.54, 1.807) is 0 Å². The first-order chi connectivity index (χ1) is 6.75. The first kappa shape index (κ1) is 15.6. The van der Waals surface area contributed by atoms with E-state index in [0.29, 0.717) is 0 Å². The minimum absolute atomic E-state index is 0. The van der Waals surface area contributed by atoms with E-state index in [1.807, 2.05) is 50.2 Å². The fourth-order valence-corrected chi connectivity index (χ4v) is 1.37. The molecular formula is C12H12ILiN2. The molecule has 16 heavy (non-hydrogen) atoms. The van der Waals surface area contributed by atoms with Gasteiger partial charge in [-0.2, -0.15) is 0 Å². The van der Waals surface area contributed by atoms with Crippen molar-refractivity contribution < 1.29 is 42.8 Å². The van der Waals surface area contributed by atoms with Gasteiger partial charge in [0, 0.05) is 11.4 Å². The Morgan fingerprint density at radius 2 is 1.12 bits per heavy atom. The molecule has 0 N–H and O–H groups in total. The molecule has 0 saturated carbocycles. The normalized spacial score (nSPS) is 8.88. The van der Waals surface area contributed by atoms with Gasteiger partial charge < -0.3 is 24.0 Å². The largest absolute Gasteiger partial charge is 1.00 e. The summed E-state index contributed by atoms with van der Waals surface area (Å²) in [6.45, 7) is 3.97. The van der Waals surface area contributed by atoms with Crippen molar-refractivity contribution in [1.29, 1.82) is 0 Å². The second-order valence-corrected chi connectivity index (χ2v) is 3.33. The van der Waals surface area contributed by atoms with Crippen molar-refractivity contribution in [3.05, 3.63) is 47.8 Å². The van der Waals surface area contributed by atoms with Crippen LogP contribution in [0.15, 0.2) is 36.4 Å². The van der Waals surface area contributed by atoms with Gasteiger partial charge in [0.2, 0.25) is 0 Å². The molecule has 2 rings (SSSR count). The number of nitrogens with zero attached hydrogens (tertiary/aromatic N) is 2. The quantitative estimate of drug-likeness (QED) is 0.408. The summed E-state index contributed by atoms with van der Waals surface area (Å²) in [4.78, 5) is 8.84. The van der Waals surface area contributed by atoms with Crippen LogP contribution in [0.4, 0.5) is 0 Å². The van der Waals surface area contributed by atoms with Crippen molar-refractivity contribution in [2.45, 2.75) is 13.8 Å². The number of aryl methyl sites for hydroxylation is 2. The summed E-state index contributed by atoms with van der Waals surface area (Å²) in [5.74, 6) is 0. The van der Waals surface area contributed by atoms with Crippen LogP contribution in [0.1, 0.15) is 11.4 Å². The third kappa shape index (κ3) is 3.89. The van der Waals surface area contributed by atoms with Crippen molar-refractivity contribution >= 4 is 0 Å². The van der Waals surface area contributed by atoms with Gasteiger partial charge in [-0.25, -0.2) is 0 Å². The average molecular weight is 318 g/mol. The number of hydrogen-bond donors (Lipinski definition) is 0. The maximum Gasteiger partial charge on any atom is 1.00 e. The van der Waals surface area contributed by atoms with Crippen LogP contribution in [0.2, 0.25) is 0 Å². The summed E-state index contributed by atoms with van der Waals surface area (Å²) < 4.78 is 0. The Morgan fingerprint density at radius 1 is 0.750 bits per heavy atom. The molecule has 0 unspecified atom stereocenters. The smallest absolute Gasteiger partial charge is 1.00 e. The first-order valence-electron chi connectivity index (χ1n) is 4.63. The molecule has 0 bridgehead atoms. The molecule has 0 fully saturated rings. The zero-order valence-electron chi connectivity index (χ0n) is 9.74. The molecule has 2 heterocycles. The van der Waals surface area contributed by atoms with Crippen molar-refractivity contribution in [3.8, 4) is 11.4 Å². The Hall–Kier alpha value is -0.373. The van der Waals surface area contributed by atoms with E-state index in [0.717, 1.165) is 22.8 Å². The molecule has 0 aliphatic carbocycles. The van der Waals surface area contributed by atoms with Gasteiger partial charge in [0.15, 0.2) is 0 Å². The minimum Gasteiger partial charge on any atom is -1.00 e. The molecule has 2 aromatic heterocycles. The summed E-state index contributed by atoms with van der Waals surface area (Å²) in [5.41, 5.74) is 3.92. The van der Waals surface area contributed by atoms with Crippen molar-refractivity contribution in [2.75, 3.05) is 0 Å². The third-order valence-corrected chi connectivity index (χ3v) is 2.04. The maximum absolute atomic E-state index is 4.42. The fourth-order valence-electron chi connectivity index (χ4n) is 1.37. The Bertz CT molecular complexity index is 417. The molecule has 0 amide bonds. The zero-order chi connectivity index (χ0) is 9.97. The van der Waals surface area contributed by atoms with E-state index in [2.05, 4.69) is 9.97 Å². The number of rotatable bonds is 1. The van der Waals surface area contributed by atoms with Crippen LogP contribution >= 0.6 is 0 Å². The molecule has 2 aromatic rings. The maximum atomic E-state index is 4.42. The molecular weight excluding hydrogens is 306 g/mol. The molecule has 0 atom stereocenters. The molecule has 78 valence electrons. The van der Waals surface area contributed by atoms with Crippen LogP contribution in [-0.2, 0) is 0 Å². The number of pyridine rings is 2. The Kier molecular flexibility index (Phi) is 6.89. The fraction of sp³-hybridized carbons (Fsp3) is 0.167. The molecule has 0 aromatic carbocycles. The van der Waals surface area contributed by atoms with Crippen LogP contribution < -0.4 is 42.8 Å². The minimum atomic E-state index is 0. The van der Waals surface area contributed by atoms with Gasteiger partial charge in [0.05, 0.1) is 11.4 Å². The predicted molar refractivity (Wildman–Crippen MR) is 56.9 cm³/mol. The molecule has 0 aliphatic heterocycles. The number of hydrogen-bond acceptors (Lipinski definition) is 2. The van der Waals surface area contributed by atoms with E-state index in [4.69, 9.17) is 0 Å². The zero-order valence-corrected chi connectivity index (χ0v) is 11.9. The molecule has 2 nitrogen and oxygen atoms in total. The van der Waals surface area contributed by atoms with Gasteiger partial charge in [-0.3, -0.25) is 9.97 Å². The van der Waals surface area contributed by atoms with Crippen molar-refractivity contribution in [1.82, 2.24) is 9.97 Å². The molecule has 0 saturated heterocycles. The van der Waals surface area contributed by atoms with Gasteiger partial charge >= 0.3 is 18.9 Å². The van der Waals surface area contributed by atoms with Gasteiger partial charge in [-0.15, -0.1) is 0 Å². The molecule has 0 spiro atoms. The number of halogens is 1. The van der Waals surface area contributed by atoms with Crippen LogP contribution in [0.25, 0.3) is 11.4 Å². The monoisotopic (exact) mass is 318 g/mol. The van der Waals surface area contributed by atoms with Crippen LogP contribution in [0, 0.1) is 13.8 Å². The van der Waals surface area contributed by atoms with E-state index in [9.17, 15) is 0 Å². The molecule has 0 radical (unpaired) electrons. The summed E-state index contributed by atoms with van der Waals surface area (Å²) in [7, 11) is 0. The van der Waals surface area contributed by atoms with Gasteiger partial charge in [-0.1, -0.05) is 12.1 Å². The molecule has 0 aliphatic rings. The van der Waals surface area contributed by atoms with E-state index < -0.39 is 0 Å².